The Balaban J connectivity index is 1.26. The van der Waals surface area contributed by atoms with Crippen molar-refractivity contribution in [1.82, 2.24) is 0 Å². The van der Waals surface area contributed by atoms with Crippen molar-refractivity contribution in [2.24, 2.45) is 17.8 Å². The van der Waals surface area contributed by atoms with Crippen molar-refractivity contribution in [2.75, 3.05) is 13.2 Å². The summed E-state index contributed by atoms with van der Waals surface area (Å²) in [4.78, 5) is 61.7. The topological polar surface area (TPSA) is 132 Å². The third-order valence-electron chi connectivity index (χ3n) is 9.15. The third-order valence-corrected chi connectivity index (χ3v) is 9.15. The quantitative estimate of drug-likeness (QED) is 0.0550. The highest BCUT2D eigenvalue weighted by Gasteiger charge is 2.39. The molecule has 2 aromatic rings. The first-order chi connectivity index (χ1) is 23.7. The van der Waals surface area contributed by atoms with Crippen LogP contribution in [-0.4, -0.2) is 49.0 Å². The van der Waals surface area contributed by atoms with E-state index in [0.717, 1.165) is 57.4 Å². The van der Waals surface area contributed by atoms with Gasteiger partial charge in [-0.1, -0.05) is 20.1 Å². The van der Waals surface area contributed by atoms with Crippen molar-refractivity contribution in [2.45, 2.75) is 83.7 Å². The van der Waals surface area contributed by atoms with Crippen molar-refractivity contribution >= 4 is 29.7 Å². The van der Waals surface area contributed by atoms with Crippen LogP contribution in [0.3, 0.4) is 0 Å². The largest absolute Gasteiger partial charge is 0.494 e. The molecular weight excluding hydrogens is 628 g/mol. The summed E-state index contributed by atoms with van der Waals surface area (Å²) in [5, 5.41) is 0. The first-order valence-corrected chi connectivity index (χ1v) is 17.2. The van der Waals surface area contributed by atoms with E-state index in [0.29, 0.717) is 49.2 Å². The number of carbonyl (C=O) groups is 5. The highest BCUT2D eigenvalue weighted by molar-refractivity contribution is 6.00. The molecule has 2 aromatic carbocycles. The van der Waals surface area contributed by atoms with Gasteiger partial charge in [0.2, 0.25) is 0 Å². The van der Waals surface area contributed by atoms with Crippen LogP contribution < -0.4 is 14.2 Å². The minimum atomic E-state index is -0.603. The maximum atomic E-state index is 13.3. The van der Waals surface area contributed by atoms with Crippen molar-refractivity contribution < 1.29 is 47.7 Å². The molecule has 0 amide bonds. The molecule has 2 aliphatic carbocycles. The van der Waals surface area contributed by atoms with Crippen LogP contribution in [0.15, 0.2) is 67.8 Å². The highest BCUT2D eigenvalue weighted by Crippen LogP contribution is 2.44. The Morgan fingerprint density at radius 3 is 2.14 bits per heavy atom. The lowest BCUT2D eigenvalue weighted by Gasteiger charge is -2.41. The average Bonchev–Trinajstić information content (AvgIpc) is 3.12. The van der Waals surface area contributed by atoms with Crippen LogP contribution in [0, 0.1) is 17.8 Å². The predicted octanol–water partition coefficient (Wildman–Crippen LogP) is 7.39. The van der Waals surface area contributed by atoms with E-state index in [2.05, 4.69) is 13.2 Å². The summed E-state index contributed by atoms with van der Waals surface area (Å²) in [6.45, 7) is 9.43. The van der Waals surface area contributed by atoms with Gasteiger partial charge < -0.3 is 23.7 Å². The minimum absolute atomic E-state index is 0.111. The number of rotatable bonds is 17. The second-order valence-corrected chi connectivity index (χ2v) is 12.5. The second kappa shape index (κ2) is 18.7. The molecule has 0 aliphatic heterocycles. The van der Waals surface area contributed by atoms with Gasteiger partial charge in [-0.2, -0.15) is 0 Å². The van der Waals surface area contributed by atoms with E-state index in [1.54, 1.807) is 31.2 Å². The number of ether oxygens (including phenoxy) is 5. The summed E-state index contributed by atoms with van der Waals surface area (Å²) in [6, 6.07) is 11.0. The molecule has 0 saturated heterocycles. The summed E-state index contributed by atoms with van der Waals surface area (Å²) in [5.41, 5.74) is 0.490. The van der Waals surface area contributed by atoms with Gasteiger partial charge >= 0.3 is 23.9 Å². The molecule has 262 valence electrons. The van der Waals surface area contributed by atoms with Crippen LogP contribution in [0.1, 0.15) is 98.3 Å². The maximum Gasteiger partial charge on any atom is 0.343 e. The number of ketones is 1. The number of Topliss-reactive ketones (excluding diaryl/α,β-unsaturated/α-hetero) is 1. The van der Waals surface area contributed by atoms with E-state index in [9.17, 15) is 24.0 Å². The van der Waals surface area contributed by atoms with Gasteiger partial charge in [-0.3, -0.25) is 9.59 Å². The number of hydrogen-bond donors (Lipinski definition) is 0. The molecule has 10 heteroatoms. The molecule has 0 bridgehead atoms. The second-order valence-electron chi connectivity index (χ2n) is 12.5. The van der Waals surface area contributed by atoms with Crippen LogP contribution in [0.4, 0.5) is 0 Å². The molecule has 0 radical (unpaired) electrons. The van der Waals surface area contributed by atoms with E-state index >= 15 is 0 Å². The first kappa shape index (κ1) is 37.1. The number of carbonyl (C=O) groups excluding carboxylic acids is 5. The van der Waals surface area contributed by atoms with Crippen molar-refractivity contribution in [3.63, 3.8) is 0 Å². The Morgan fingerprint density at radius 1 is 0.755 bits per heavy atom. The zero-order chi connectivity index (χ0) is 35.2. The molecular formula is C39H46O10. The Morgan fingerprint density at radius 2 is 1.43 bits per heavy atom. The molecule has 0 spiro atoms. The molecule has 4 rings (SSSR count). The average molecular weight is 675 g/mol. The molecule has 10 nitrogen and oxygen atoms in total. The van der Waals surface area contributed by atoms with Crippen molar-refractivity contribution in [3.05, 3.63) is 78.9 Å². The van der Waals surface area contributed by atoms with Crippen LogP contribution in [0.5, 0.6) is 17.2 Å². The molecule has 49 heavy (non-hydrogen) atoms. The zero-order valence-electron chi connectivity index (χ0n) is 28.2. The number of benzene rings is 2. The molecule has 4 unspecified atom stereocenters. The van der Waals surface area contributed by atoms with Gasteiger partial charge in [0.15, 0.2) is 5.78 Å². The summed E-state index contributed by atoms with van der Waals surface area (Å²) < 4.78 is 27.5. The fourth-order valence-electron chi connectivity index (χ4n) is 6.47. The smallest absolute Gasteiger partial charge is 0.343 e. The van der Waals surface area contributed by atoms with E-state index in [4.69, 9.17) is 23.7 Å². The Bertz CT molecular complexity index is 1490. The van der Waals surface area contributed by atoms with Gasteiger partial charge in [0.05, 0.1) is 30.3 Å². The van der Waals surface area contributed by atoms with Gasteiger partial charge in [-0.05, 0) is 119 Å². The van der Waals surface area contributed by atoms with Crippen LogP contribution >= 0.6 is 0 Å². The van der Waals surface area contributed by atoms with Gasteiger partial charge in [0.25, 0.3) is 0 Å². The Kier molecular flexibility index (Phi) is 14.2. The molecule has 2 fully saturated rings. The summed E-state index contributed by atoms with van der Waals surface area (Å²) >= 11 is 0. The molecule has 2 aliphatic rings. The first-order valence-electron chi connectivity index (χ1n) is 17.2. The van der Waals surface area contributed by atoms with Gasteiger partial charge in [0.1, 0.15) is 23.4 Å². The van der Waals surface area contributed by atoms with Crippen LogP contribution in [0.2, 0.25) is 0 Å². The highest BCUT2D eigenvalue weighted by atomic mass is 16.6. The van der Waals surface area contributed by atoms with E-state index in [1.807, 2.05) is 0 Å². The monoisotopic (exact) mass is 674 g/mol. The Labute approximate surface area is 287 Å². The fraction of sp³-hybridized carbons (Fsp3) is 0.462. The lowest BCUT2D eigenvalue weighted by Crippen LogP contribution is -2.37. The minimum Gasteiger partial charge on any atom is -0.494 e. The van der Waals surface area contributed by atoms with E-state index < -0.39 is 17.9 Å². The van der Waals surface area contributed by atoms with Crippen LogP contribution in [0.25, 0.3) is 0 Å². The molecule has 4 atom stereocenters. The van der Waals surface area contributed by atoms with Gasteiger partial charge in [0, 0.05) is 18.6 Å². The normalized spacial score (nSPS) is 19.8. The molecule has 0 N–H and O–H groups in total. The van der Waals surface area contributed by atoms with Crippen LogP contribution in [-0.2, 0) is 23.9 Å². The molecule has 0 heterocycles. The fourth-order valence-corrected chi connectivity index (χ4v) is 6.47. The van der Waals surface area contributed by atoms with E-state index in [1.165, 1.54) is 24.3 Å². The third kappa shape index (κ3) is 11.2. The summed E-state index contributed by atoms with van der Waals surface area (Å²) in [6.07, 6.45) is 10.5. The Hall–Kier alpha value is -4.73. The summed E-state index contributed by atoms with van der Waals surface area (Å²) in [5.74, 6) is -0.651. The number of fused-ring (bicyclic) bond motifs is 1. The van der Waals surface area contributed by atoms with Crippen molar-refractivity contribution in [3.8, 4) is 17.2 Å². The van der Waals surface area contributed by atoms with Gasteiger partial charge in [-0.25, -0.2) is 14.4 Å². The SMILES string of the molecule is C=CC(=O)OCCCCCCOc1ccc(C(=O)Oc2ccc(OC(=O)C3CCC4CC(OC(=O)C=C)CCC4C3)c(C(=O)CC)c2)cc1. The molecule has 0 aromatic heterocycles. The summed E-state index contributed by atoms with van der Waals surface area (Å²) in [7, 11) is 0. The number of esters is 4. The lowest BCUT2D eigenvalue weighted by atomic mass is 9.67. The standard InChI is InChI=1S/C39H46O10/c1-4-34(40)33-25-32(48-38(43)26-13-16-30(17-14-26)45-21-9-7-8-10-22-46-36(41)5-2)19-20-35(33)49-39(44)29-12-11-28-24-31(47-37(42)6-3)18-15-27(28)23-29/h5-6,13-14,16-17,19-20,25,27-29,31H,2-4,7-12,15,18,21-24H2,1H3. The molecule has 2 saturated carbocycles. The lowest BCUT2D eigenvalue weighted by molar-refractivity contribution is -0.147. The zero-order valence-corrected chi connectivity index (χ0v) is 28.2. The van der Waals surface area contributed by atoms with Gasteiger partial charge in [-0.15, -0.1) is 0 Å². The van der Waals surface area contributed by atoms with E-state index in [-0.39, 0.29) is 47.3 Å². The van der Waals surface area contributed by atoms with Crippen molar-refractivity contribution in [1.29, 1.82) is 0 Å². The maximum absolute atomic E-state index is 13.3. The predicted molar refractivity (Wildman–Crippen MR) is 181 cm³/mol. The number of unbranched alkanes of at least 4 members (excludes halogenated alkanes) is 3. The number of hydrogen-bond acceptors (Lipinski definition) is 10.